The zero-order valence-electron chi connectivity index (χ0n) is 18.0. The fraction of sp³-hybridized carbons (Fsp3) is 0.458. The molecule has 0 aromatic heterocycles. The Bertz CT molecular complexity index is 842. The highest BCUT2D eigenvalue weighted by Gasteiger charge is 2.41. The number of aliphatic imine (C=N–C) groups is 1. The lowest BCUT2D eigenvalue weighted by atomic mass is 10.1. The van der Waals surface area contributed by atoms with Crippen molar-refractivity contribution in [1.29, 1.82) is 0 Å². The maximum Gasteiger partial charge on any atom is 0.193 e. The quantitative estimate of drug-likeness (QED) is 0.588. The van der Waals surface area contributed by atoms with Crippen LogP contribution in [0.5, 0.6) is 5.75 Å². The van der Waals surface area contributed by atoms with Gasteiger partial charge >= 0.3 is 0 Å². The number of guanidine groups is 1. The average Bonchev–Trinajstić information content (AvgIpc) is 3.23. The zero-order valence-corrected chi connectivity index (χ0v) is 18.0. The molecule has 2 fully saturated rings. The van der Waals surface area contributed by atoms with E-state index in [0.29, 0.717) is 6.04 Å². The standard InChI is InChI=1S/C24H32N4O2/c1-25-24(26-12-11-19-9-6-10-21(15-19)29-2)28-17-22-23(18-28)30-14-13-27(22)16-20-7-4-3-5-8-20/h3-10,15,22-23H,11-14,16-18H2,1-2H3,(H,25,26). The van der Waals surface area contributed by atoms with Crippen LogP contribution >= 0.6 is 0 Å². The molecule has 0 radical (unpaired) electrons. The molecule has 0 spiro atoms. The van der Waals surface area contributed by atoms with E-state index in [0.717, 1.165) is 57.5 Å². The van der Waals surface area contributed by atoms with Crippen LogP contribution in [0.2, 0.25) is 0 Å². The first-order valence-corrected chi connectivity index (χ1v) is 10.7. The first-order chi connectivity index (χ1) is 14.8. The summed E-state index contributed by atoms with van der Waals surface area (Å²) < 4.78 is 11.4. The first-order valence-electron chi connectivity index (χ1n) is 10.7. The van der Waals surface area contributed by atoms with E-state index in [1.165, 1.54) is 11.1 Å². The van der Waals surface area contributed by atoms with Crippen molar-refractivity contribution in [2.24, 2.45) is 4.99 Å². The van der Waals surface area contributed by atoms with E-state index < -0.39 is 0 Å². The number of nitrogens with zero attached hydrogens (tertiary/aromatic N) is 3. The second-order valence-electron chi connectivity index (χ2n) is 7.91. The van der Waals surface area contributed by atoms with Crippen LogP contribution in [0.25, 0.3) is 0 Å². The third-order valence-corrected chi connectivity index (χ3v) is 5.99. The van der Waals surface area contributed by atoms with Crippen molar-refractivity contribution in [1.82, 2.24) is 15.1 Å². The summed E-state index contributed by atoms with van der Waals surface area (Å²) in [6.45, 7) is 5.40. The number of fused-ring (bicyclic) bond motifs is 1. The van der Waals surface area contributed by atoms with E-state index in [-0.39, 0.29) is 6.10 Å². The molecule has 2 aliphatic heterocycles. The van der Waals surface area contributed by atoms with Crippen molar-refractivity contribution < 1.29 is 9.47 Å². The Balaban J connectivity index is 1.33. The summed E-state index contributed by atoms with van der Waals surface area (Å²) in [7, 11) is 3.56. The van der Waals surface area contributed by atoms with E-state index in [9.17, 15) is 0 Å². The number of hydrogen-bond donors (Lipinski definition) is 1. The van der Waals surface area contributed by atoms with Crippen LogP contribution < -0.4 is 10.1 Å². The Labute approximate surface area is 179 Å². The summed E-state index contributed by atoms with van der Waals surface area (Å²) >= 11 is 0. The molecule has 1 N–H and O–H groups in total. The lowest BCUT2D eigenvalue weighted by Crippen LogP contribution is -2.50. The van der Waals surface area contributed by atoms with Crippen molar-refractivity contribution in [2.75, 3.05) is 46.9 Å². The van der Waals surface area contributed by atoms with Gasteiger partial charge in [-0.3, -0.25) is 9.89 Å². The Morgan fingerprint density at radius 3 is 2.77 bits per heavy atom. The van der Waals surface area contributed by atoms with Crippen LogP contribution in [0.4, 0.5) is 0 Å². The van der Waals surface area contributed by atoms with Crippen molar-refractivity contribution in [3.63, 3.8) is 0 Å². The fourth-order valence-corrected chi connectivity index (χ4v) is 4.42. The van der Waals surface area contributed by atoms with Crippen molar-refractivity contribution >= 4 is 5.96 Å². The SMILES string of the molecule is CN=C(NCCc1cccc(OC)c1)N1CC2OCCN(Cc3ccccc3)C2C1. The summed E-state index contributed by atoms with van der Waals surface area (Å²) in [5.74, 6) is 1.85. The normalized spacial score (nSPS) is 22.1. The number of rotatable bonds is 6. The molecule has 2 atom stereocenters. The van der Waals surface area contributed by atoms with Crippen LogP contribution in [0.3, 0.4) is 0 Å². The molecule has 30 heavy (non-hydrogen) atoms. The predicted molar refractivity (Wildman–Crippen MR) is 120 cm³/mol. The van der Waals surface area contributed by atoms with Gasteiger partial charge in [0, 0.05) is 39.8 Å². The largest absolute Gasteiger partial charge is 0.497 e. The second-order valence-corrected chi connectivity index (χ2v) is 7.91. The van der Waals surface area contributed by atoms with Gasteiger partial charge in [-0.25, -0.2) is 0 Å². The van der Waals surface area contributed by atoms with Gasteiger partial charge in [-0.15, -0.1) is 0 Å². The number of ether oxygens (including phenoxy) is 2. The Kier molecular flexibility index (Phi) is 6.87. The Morgan fingerprint density at radius 1 is 1.13 bits per heavy atom. The molecule has 2 aromatic rings. The molecule has 160 valence electrons. The summed E-state index contributed by atoms with van der Waals surface area (Å²) in [5.41, 5.74) is 2.61. The Hall–Kier alpha value is -2.57. The molecule has 2 aliphatic rings. The smallest absolute Gasteiger partial charge is 0.193 e. The molecule has 0 aliphatic carbocycles. The van der Waals surface area contributed by atoms with Gasteiger partial charge in [-0.2, -0.15) is 0 Å². The lowest BCUT2D eigenvalue weighted by Gasteiger charge is -2.36. The molecular weight excluding hydrogens is 376 g/mol. The van der Waals surface area contributed by atoms with E-state index >= 15 is 0 Å². The third kappa shape index (κ3) is 4.94. The van der Waals surface area contributed by atoms with Gasteiger partial charge in [0.05, 0.1) is 25.9 Å². The predicted octanol–water partition coefficient (Wildman–Crippen LogP) is 2.40. The number of likely N-dealkylation sites (tertiary alicyclic amines) is 1. The van der Waals surface area contributed by atoms with E-state index in [2.05, 4.69) is 62.6 Å². The highest BCUT2D eigenvalue weighted by molar-refractivity contribution is 5.80. The topological polar surface area (TPSA) is 49.3 Å². The minimum absolute atomic E-state index is 0.236. The minimum Gasteiger partial charge on any atom is -0.497 e. The summed E-state index contributed by atoms with van der Waals surface area (Å²) in [5, 5.41) is 3.53. The van der Waals surface area contributed by atoms with E-state index in [4.69, 9.17) is 9.47 Å². The molecule has 6 nitrogen and oxygen atoms in total. The van der Waals surface area contributed by atoms with Crippen molar-refractivity contribution in [3.8, 4) is 5.75 Å². The zero-order chi connectivity index (χ0) is 20.8. The van der Waals surface area contributed by atoms with Crippen LogP contribution in [0.15, 0.2) is 59.6 Å². The second kappa shape index (κ2) is 9.96. The van der Waals surface area contributed by atoms with Gasteiger partial charge < -0.3 is 19.7 Å². The monoisotopic (exact) mass is 408 g/mol. The van der Waals surface area contributed by atoms with Gasteiger partial charge in [0.2, 0.25) is 0 Å². The number of benzene rings is 2. The van der Waals surface area contributed by atoms with Crippen LogP contribution in [0.1, 0.15) is 11.1 Å². The number of hydrogen-bond acceptors (Lipinski definition) is 4. The molecule has 0 amide bonds. The molecule has 6 heteroatoms. The number of methoxy groups -OCH3 is 1. The maximum atomic E-state index is 6.11. The van der Waals surface area contributed by atoms with Crippen molar-refractivity contribution in [2.45, 2.75) is 25.1 Å². The van der Waals surface area contributed by atoms with Gasteiger partial charge in [0.25, 0.3) is 0 Å². The minimum atomic E-state index is 0.236. The van der Waals surface area contributed by atoms with Crippen molar-refractivity contribution in [3.05, 3.63) is 65.7 Å². The summed E-state index contributed by atoms with van der Waals surface area (Å²) in [6, 6.07) is 19.3. The first kappa shape index (κ1) is 20.7. The lowest BCUT2D eigenvalue weighted by molar-refractivity contribution is -0.0502. The van der Waals surface area contributed by atoms with Gasteiger partial charge in [-0.1, -0.05) is 42.5 Å². The molecule has 2 saturated heterocycles. The van der Waals surface area contributed by atoms with Gasteiger partial charge in [0.1, 0.15) is 5.75 Å². The Morgan fingerprint density at radius 2 is 1.97 bits per heavy atom. The highest BCUT2D eigenvalue weighted by Crippen LogP contribution is 2.24. The molecule has 2 aromatic carbocycles. The highest BCUT2D eigenvalue weighted by atomic mass is 16.5. The summed E-state index contributed by atoms with van der Waals surface area (Å²) in [4.78, 5) is 9.43. The van der Waals surface area contributed by atoms with Crippen LogP contribution in [-0.4, -0.2) is 74.8 Å². The molecule has 4 rings (SSSR count). The van der Waals surface area contributed by atoms with E-state index in [1.807, 2.05) is 19.2 Å². The molecule has 0 bridgehead atoms. The van der Waals surface area contributed by atoms with E-state index in [1.54, 1.807) is 7.11 Å². The summed E-state index contributed by atoms with van der Waals surface area (Å²) in [6.07, 6.45) is 1.16. The maximum absolute atomic E-state index is 6.11. The van der Waals surface area contributed by atoms with Gasteiger partial charge in [0.15, 0.2) is 5.96 Å². The molecule has 0 saturated carbocycles. The molecule has 2 unspecified atom stereocenters. The fourth-order valence-electron chi connectivity index (χ4n) is 4.42. The number of morpholine rings is 1. The average molecular weight is 409 g/mol. The van der Waals surface area contributed by atoms with Gasteiger partial charge in [-0.05, 0) is 29.7 Å². The third-order valence-electron chi connectivity index (χ3n) is 5.99. The number of nitrogens with one attached hydrogen (secondary N) is 1. The van der Waals surface area contributed by atoms with Crippen LogP contribution in [0, 0.1) is 0 Å². The molecular formula is C24H32N4O2. The van der Waals surface area contributed by atoms with Crippen LogP contribution in [-0.2, 0) is 17.7 Å². The molecule has 2 heterocycles.